The van der Waals surface area contributed by atoms with Crippen molar-refractivity contribution in [3.05, 3.63) is 30.1 Å². The first-order valence-corrected chi connectivity index (χ1v) is 5.44. The molecule has 15 heavy (non-hydrogen) atoms. The molecule has 0 saturated carbocycles. The van der Waals surface area contributed by atoms with Crippen molar-refractivity contribution in [3.63, 3.8) is 0 Å². The summed E-state index contributed by atoms with van der Waals surface area (Å²) < 4.78 is 7.57. The Balaban J connectivity index is 2.12. The minimum absolute atomic E-state index is 0.410. The molecule has 0 amide bonds. The van der Waals surface area contributed by atoms with E-state index in [2.05, 4.69) is 34.7 Å². The molecular formula is C12H14N2O. The summed E-state index contributed by atoms with van der Waals surface area (Å²) in [6, 6.07) is 8.29. The molecule has 1 aliphatic rings. The topological polar surface area (TPSA) is 30.4 Å². The lowest BCUT2D eigenvalue weighted by Crippen LogP contribution is -2.07. The van der Waals surface area contributed by atoms with E-state index < -0.39 is 0 Å². The molecule has 1 unspecified atom stereocenters. The van der Waals surface area contributed by atoms with Crippen molar-refractivity contribution in [1.82, 2.24) is 9.55 Å². The van der Waals surface area contributed by atoms with Crippen LogP contribution in [-0.4, -0.2) is 22.3 Å². The molecule has 1 saturated heterocycles. The van der Waals surface area contributed by atoms with Gasteiger partial charge in [0.05, 0.1) is 30.3 Å². The number of nitrogens with zero attached hydrogens (tertiary/aromatic N) is 2. The van der Waals surface area contributed by atoms with Crippen LogP contribution in [0.15, 0.2) is 24.3 Å². The molecule has 2 heterocycles. The van der Waals surface area contributed by atoms with Gasteiger partial charge in [-0.1, -0.05) is 19.1 Å². The Morgan fingerprint density at radius 1 is 1.47 bits per heavy atom. The van der Waals surface area contributed by atoms with E-state index in [-0.39, 0.29) is 0 Å². The molecule has 1 aliphatic heterocycles. The maximum Gasteiger partial charge on any atom is 0.109 e. The lowest BCUT2D eigenvalue weighted by Gasteiger charge is -2.04. The highest BCUT2D eigenvalue weighted by Gasteiger charge is 2.24. The second-order valence-electron chi connectivity index (χ2n) is 3.94. The van der Waals surface area contributed by atoms with Crippen LogP contribution in [0, 0.1) is 0 Å². The highest BCUT2D eigenvalue weighted by molar-refractivity contribution is 5.75. The van der Waals surface area contributed by atoms with E-state index >= 15 is 0 Å². The maximum absolute atomic E-state index is 5.28. The van der Waals surface area contributed by atoms with Crippen LogP contribution in [0.3, 0.4) is 0 Å². The predicted molar refractivity (Wildman–Crippen MR) is 58.9 cm³/mol. The molecule has 0 aliphatic carbocycles. The Labute approximate surface area is 88.7 Å². The van der Waals surface area contributed by atoms with Crippen LogP contribution < -0.4 is 0 Å². The van der Waals surface area contributed by atoms with Gasteiger partial charge in [-0.25, -0.2) is 4.98 Å². The summed E-state index contributed by atoms with van der Waals surface area (Å²) in [4.78, 5) is 4.62. The minimum atomic E-state index is 0.410. The second kappa shape index (κ2) is 3.35. The quantitative estimate of drug-likeness (QED) is 0.713. The maximum atomic E-state index is 5.28. The Kier molecular flexibility index (Phi) is 1.99. The minimum Gasteiger partial charge on any atom is -0.371 e. The van der Waals surface area contributed by atoms with Gasteiger partial charge >= 0.3 is 0 Å². The number of rotatable bonds is 3. The normalized spacial score (nSPS) is 19.7. The smallest absolute Gasteiger partial charge is 0.109 e. The molecule has 78 valence electrons. The first kappa shape index (κ1) is 8.92. The molecular weight excluding hydrogens is 188 g/mol. The van der Waals surface area contributed by atoms with Gasteiger partial charge in [0.25, 0.3) is 0 Å². The van der Waals surface area contributed by atoms with Crippen LogP contribution in [0.25, 0.3) is 11.0 Å². The number of benzene rings is 1. The monoisotopic (exact) mass is 202 g/mol. The van der Waals surface area contributed by atoms with Crippen LogP contribution in [0.5, 0.6) is 0 Å². The van der Waals surface area contributed by atoms with Crippen LogP contribution in [0.4, 0.5) is 0 Å². The van der Waals surface area contributed by atoms with E-state index in [9.17, 15) is 0 Å². The van der Waals surface area contributed by atoms with Crippen LogP contribution in [-0.2, 0) is 17.7 Å². The van der Waals surface area contributed by atoms with Gasteiger partial charge in [-0.15, -0.1) is 0 Å². The summed E-state index contributed by atoms with van der Waals surface area (Å²) in [6.07, 6.45) is 1.38. The van der Waals surface area contributed by atoms with Gasteiger partial charge in [0, 0.05) is 6.42 Å². The highest BCUT2D eigenvalue weighted by atomic mass is 16.6. The van der Waals surface area contributed by atoms with Crippen LogP contribution in [0.2, 0.25) is 0 Å². The number of hydrogen-bond acceptors (Lipinski definition) is 2. The number of imidazole rings is 1. The molecule has 0 N–H and O–H groups in total. The van der Waals surface area contributed by atoms with Crippen molar-refractivity contribution in [3.8, 4) is 0 Å². The molecule has 0 bridgehead atoms. The zero-order valence-electron chi connectivity index (χ0n) is 8.81. The summed E-state index contributed by atoms with van der Waals surface area (Å²) in [5.41, 5.74) is 2.32. The van der Waals surface area contributed by atoms with Gasteiger partial charge in [-0.05, 0) is 12.1 Å². The van der Waals surface area contributed by atoms with Gasteiger partial charge < -0.3 is 9.30 Å². The fourth-order valence-electron chi connectivity index (χ4n) is 1.98. The molecule has 1 atom stereocenters. The van der Waals surface area contributed by atoms with Crippen LogP contribution >= 0.6 is 0 Å². The van der Waals surface area contributed by atoms with Crippen molar-refractivity contribution >= 4 is 11.0 Å². The fraction of sp³-hybridized carbons (Fsp3) is 0.417. The van der Waals surface area contributed by atoms with Crippen molar-refractivity contribution in [2.45, 2.75) is 26.0 Å². The zero-order chi connectivity index (χ0) is 10.3. The average molecular weight is 202 g/mol. The number of fused-ring (bicyclic) bond motifs is 1. The van der Waals surface area contributed by atoms with Crippen LogP contribution in [0.1, 0.15) is 12.7 Å². The van der Waals surface area contributed by atoms with Gasteiger partial charge in [-0.2, -0.15) is 0 Å². The Morgan fingerprint density at radius 2 is 2.27 bits per heavy atom. The van der Waals surface area contributed by atoms with E-state index in [4.69, 9.17) is 4.74 Å². The lowest BCUT2D eigenvalue weighted by molar-refractivity contribution is 0.382. The third-order valence-corrected chi connectivity index (χ3v) is 2.84. The molecule has 1 aromatic carbocycles. The van der Waals surface area contributed by atoms with Crippen molar-refractivity contribution in [2.75, 3.05) is 6.61 Å². The van der Waals surface area contributed by atoms with E-state index in [0.29, 0.717) is 6.10 Å². The van der Waals surface area contributed by atoms with E-state index in [1.54, 1.807) is 0 Å². The number of aryl methyl sites for hydroxylation is 1. The van der Waals surface area contributed by atoms with Crippen molar-refractivity contribution in [1.29, 1.82) is 0 Å². The van der Waals surface area contributed by atoms with Crippen molar-refractivity contribution in [2.24, 2.45) is 0 Å². The summed E-state index contributed by atoms with van der Waals surface area (Å²) in [5, 5.41) is 0. The number of aromatic nitrogens is 2. The predicted octanol–water partition coefficient (Wildman–Crippen LogP) is 2.00. The first-order chi connectivity index (χ1) is 7.38. The van der Waals surface area contributed by atoms with Crippen molar-refractivity contribution < 1.29 is 4.74 Å². The standard InChI is InChI=1S/C12H14N2O/c1-2-12-13-10-5-3-4-6-11(10)14(12)7-9-8-15-9/h3-6,9H,2,7-8H2,1H3. The molecule has 1 fully saturated rings. The molecule has 3 nitrogen and oxygen atoms in total. The number of epoxide rings is 1. The lowest BCUT2D eigenvalue weighted by atomic mass is 10.3. The fourth-order valence-corrected chi connectivity index (χ4v) is 1.98. The average Bonchev–Trinajstić information content (AvgIpc) is 3.01. The van der Waals surface area contributed by atoms with E-state index in [1.807, 2.05) is 6.07 Å². The number of ether oxygens (including phenoxy) is 1. The summed E-state index contributed by atoms with van der Waals surface area (Å²) >= 11 is 0. The summed E-state index contributed by atoms with van der Waals surface area (Å²) in [7, 11) is 0. The van der Waals surface area contributed by atoms with Gasteiger partial charge in [-0.3, -0.25) is 0 Å². The molecule has 1 aromatic heterocycles. The Bertz CT molecular complexity index is 485. The Morgan fingerprint density at radius 3 is 3.00 bits per heavy atom. The second-order valence-corrected chi connectivity index (χ2v) is 3.94. The van der Waals surface area contributed by atoms with E-state index in [1.165, 1.54) is 5.52 Å². The van der Waals surface area contributed by atoms with Gasteiger partial charge in [0.1, 0.15) is 5.82 Å². The summed E-state index contributed by atoms with van der Waals surface area (Å²) in [6.45, 7) is 3.99. The third-order valence-electron chi connectivity index (χ3n) is 2.84. The first-order valence-electron chi connectivity index (χ1n) is 5.44. The summed E-state index contributed by atoms with van der Waals surface area (Å²) in [5.74, 6) is 1.16. The SMILES string of the molecule is CCc1nc2ccccc2n1CC1CO1. The molecule has 3 heteroatoms. The highest BCUT2D eigenvalue weighted by Crippen LogP contribution is 2.20. The number of para-hydroxylation sites is 2. The molecule has 0 radical (unpaired) electrons. The largest absolute Gasteiger partial charge is 0.371 e. The van der Waals surface area contributed by atoms with E-state index in [0.717, 1.165) is 30.9 Å². The third kappa shape index (κ3) is 1.53. The molecule has 3 rings (SSSR count). The Hall–Kier alpha value is -1.35. The van der Waals surface area contributed by atoms with Gasteiger partial charge in [0.2, 0.25) is 0 Å². The molecule has 0 spiro atoms. The zero-order valence-corrected chi connectivity index (χ0v) is 8.81. The van der Waals surface area contributed by atoms with Gasteiger partial charge in [0.15, 0.2) is 0 Å². The molecule has 2 aromatic rings. The number of hydrogen-bond donors (Lipinski definition) is 0.